The molecule has 1 unspecified atom stereocenters. The normalized spacial score (nSPS) is 12.7. The maximum Gasteiger partial charge on any atom is 0.162 e. The topological polar surface area (TPSA) is 0 Å². The first-order valence-electron chi connectivity index (χ1n) is 4.89. The van der Waals surface area contributed by atoms with Crippen LogP contribution in [0.3, 0.4) is 0 Å². The molecule has 1 aromatic heterocycles. The van der Waals surface area contributed by atoms with Crippen LogP contribution in [0.5, 0.6) is 0 Å². The molecule has 1 aromatic carbocycles. The number of thiophene rings is 1. The van der Waals surface area contributed by atoms with E-state index in [1.165, 1.54) is 17.4 Å². The molecule has 0 aliphatic carbocycles. The number of benzene rings is 1. The highest BCUT2D eigenvalue weighted by Gasteiger charge is 2.17. The van der Waals surface area contributed by atoms with Crippen molar-refractivity contribution < 1.29 is 8.78 Å². The van der Waals surface area contributed by atoms with Crippen molar-refractivity contribution in [3.63, 3.8) is 0 Å². The Hall–Kier alpha value is -0.450. The largest absolute Gasteiger partial charge is 0.204 e. The second-order valence-electron chi connectivity index (χ2n) is 3.52. The van der Waals surface area contributed by atoms with E-state index in [0.29, 0.717) is 5.56 Å². The van der Waals surface area contributed by atoms with E-state index in [1.807, 2.05) is 11.4 Å². The molecule has 0 bridgehead atoms. The van der Waals surface area contributed by atoms with Crippen LogP contribution in [0.4, 0.5) is 8.78 Å². The van der Waals surface area contributed by atoms with Gasteiger partial charge in [0.25, 0.3) is 0 Å². The third-order valence-corrected chi connectivity index (χ3v) is 4.85. The summed E-state index contributed by atoms with van der Waals surface area (Å²) in [6, 6.07) is 6.02. The molecule has 1 atom stereocenters. The number of halogens is 4. The van der Waals surface area contributed by atoms with E-state index in [4.69, 9.17) is 11.6 Å². The predicted octanol–water partition coefficient (Wildman–Crippen LogP) is 5.31. The highest BCUT2D eigenvalue weighted by atomic mass is 79.9. The van der Waals surface area contributed by atoms with E-state index < -0.39 is 11.6 Å². The molecule has 1 heterocycles. The summed E-state index contributed by atoms with van der Waals surface area (Å²) < 4.78 is 27.4. The summed E-state index contributed by atoms with van der Waals surface area (Å²) in [6.45, 7) is 0. The summed E-state index contributed by atoms with van der Waals surface area (Å²) >= 11 is 11.1. The molecule has 90 valence electrons. The van der Waals surface area contributed by atoms with Crippen LogP contribution >= 0.6 is 38.9 Å². The van der Waals surface area contributed by atoms with E-state index >= 15 is 0 Å². The van der Waals surface area contributed by atoms with E-state index in [0.717, 1.165) is 15.4 Å². The Morgan fingerprint density at radius 2 is 2.06 bits per heavy atom. The van der Waals surface area contributed by atoms with Crippen molar-refractivity contribution in [2.75, 3.05) is 0 Å². The Labute approximate surface area is 115 Å². The minimum absolute atomic E-state index is 0.268. The fraction of sp³-hybridized carbons (Fsp3) is 0.167. The molecule has 0 saturated heterocycles. The average molecular weight is 338 g/mol. The van der Waals surface area contributed by atoms with Gasteiger partial charge in [-0.05, 0) is 45.4 Å². The minimum Gasteiger partial charge on any atom is -0.204 e. The van der Waals surface area contributed by atoms with Gasteiger partial charge in [-0.2, -0.15) is 0 Å². The maximum atomic E-state index is 13.5. The molecule has 0 N–H and O–H groups in total. The SMILES string of the molecule is Fc1cccc(CC(Cl)c2sccc2Br)c1F. The Kier molecular flexibility index (Phi) is 4.17. The molecule has 0 radical (unpaired) electrons. The quantitative estimate of drug-likeness (QED) is 0.666. The van der Waals surface area contributed by atoms with Crippen molar-refractivity contribution in [2.45, 2.75) is 11.8 Å². The van der Waals surface area contributed by atoms with Gasteiger partial charge in [-0.3, -0.25) is 0 Å². The van der Waals surface area contributed by atoms with Gasteiger partial charge in [0.1, 0.15) is 0 Å². The lowest BCUT2D eigenvalue weighted by molar-refractivity contribution is 0.498. The molecule has 17 heavy (non-hydrogen) atoms. The van der Waals surface area contributed by atoms with Crippen LogP contribution in [0, 0.1) is 11.6 Å². The van der Waals surface area contributed by atoms with Gasteiger partial charge in [-0.15, -0.1) is 22.9 Å². The van der Waals surface area contributed by atoms with Gasteiger partial charge >= 0.3 is 0 Å². The summed E-state index contributed by atoms with van der Waals surface area (Å²) in [5, 5.41) is 1.54. The minimum atomic E-state index is -0.836. The van der Waals surface area contributed by atoms with Crippen molar-refractivity contribution in [1.82, 2.24) is 0 Å². The lowest BCUT2D eigenvalue weighted by Crippen LogP contribution is -1.99. The lowest BCUT2D eigenvalue weighted by atomic mass is 10.1. The van der Waals surface area contributed by atoms with Crippen LogP contribution in [0.2, 0.25) is 0 Å². The maximum absolute atomic E-state index is 13.5. The second-order valence-corrected chi connectivity index (χ2v) is 5.85. The van der Waals surface area contributed by atoms with Gasteiger partial charge in [0.15, 0.2) is 11.6 Å². The van der Waals surface area contributed by atoms with Crippen molar-refractivity contribution in [2.24, 2.45) is 0 Å². The average Bonchev–Trinajstić information content (AvgIpc) is 2.71. The smallest absolute Gasteiger partial charge is 0.162 e. The van der Waals surface area contributed by atoms with E-state index in [9.17, 15) is 8.78 Å². The highest BCUT2D eigenvalue weighted by molar-refractivity contribution is 9.10. The van der Waals surface area contributed by atoms with E-state index in [2.05, 4.69) is 15.9 Å². The van der Waals surface area contributed by atoms with Crippen LogP contribution in [-0.4, -0.2) is 0 Å². The lowest BCUT2D eigenvalue weighted by Gasteiger charge is -2.09. The fourth-order valence-electron chi connectivity index (χ4n) is 1.52. The first-order valence-corrected chi connectivity index (χ1v) is 7.00. The Bertz CT molecular complexity index is 527. The number of alkyl halides is 1. The van der Waals surface area contributed by atoms with Gasteiger partial charge in [0, 0.05) is 9.35 Å². The Morgan fingerprint density at radius 3 is 2.71 bits per heavy atom. The standard InChI is InChI=1S/C12H8BrClF2S/c13-8-4-5-17-12(8)9(14)6-7-2-1-3-10(15)11(7)16/h1-5,9H,6H2. The third kappa shape index (κ3) is 2.87. The zero-order valence-corrected chi connectivity index (χ0v) is 11.7. The Balaban J connectivity index is 2.22. The molecule has 0 fully saturated rings. The van der Waals surface area contributed by atoms with Crippen LogP contribution in [0.1, 0.15) is 15.8 Å². The van der Waals surface area contributed by atoms with Crippen LogP contribution < -0.4 is 0 Å². The monoisotopic (exact) mass is 336 g/mol. The number of hydrogen-bond acceptors (Lipinski definition) is 1. The molecular formula is C12H8BrClF2S. The number of hydrogen-bond donors (Lipinski definition) is 0. The van der Waals surface area contributed by atoms with Gasteiger partial charge in [-0.1, -0.05) is 12.1 Å². The second kappa shape index (κ2) is 5.46. The first-order chi connectivity index (χ1) is 8.09. The fourth-order valence-corrected chi connectivity index (χ4v) is 3.72. The van der Waals surface area contributed by atoms with Crippen molar-refractivity contribution in [3.05, 3.63) is 56.2 Å². The molecule has 2 aromatic rings. The third-order valence-electron chi connectivity index (χ3n) is 2.36. The molecule has 5 heteroatoms. The molecule has 0 aliphatic rings. The molecule has 0 aliphatic heterocycles. The van der Waals surface area contributed by atoms with Crippen LogP contribution in [0.25, 0.3) is 0 Å². The molecule has 2 rings (SSSR count). The summed E-state index contributed by atoms with van der Waals surface area (Å²) in [5.74, 6) is -1.65. The van der Waals surface area contributed by atoms with Gasteiger partial charge < -0.3 is 0 Å². The molecule has 0 nitrogen and oxygen atoms in total. The van der Waals surface area contributed by atoms with Crippen molar-refractivity contribution in [3.8, 4) is 0 Å². The summed E-state index contributed by atoms with van der Waals surface area (Å²) in [4.78, 5) is 0.926. The molecular weight excluding hydrogens is 330 g/mol. The zero-order valence-electron chi connectivity index (χ0n) is 8.59. The summed E-state index contributed by atoms with van der Waals surface area (Å²) in [6.07, 6.45) is 0.268. The van der Waals surface area contributed by atoms with Crippen molar-refractivity contribution in [1.29, 1.82) is 0 Å². The summed E-state index contributed by atoms with van der Waals surface area (Å²) in [5.41, 5.74) is 0.297. The van der Waals surface area contributed by atoms with Gasteiger partial charge in [-0.25, -0.2) is 8.78 Å². The van der Waals surface area contributed by atoms with Crippen molar-refractivity contribution >= 4 is 38.9 Å². The predicted molar refractivity (Wildman–Crippen MR) is 70.7 cm³/mol. The van der Waals surface area contributed by atoms with Crippen LogP contribution in [-0.2, 0) is 6.42 Å². The Morgan fingerprint density at radius 1 is 1.29 bits per heavy atom. The highest BCUT2D eigenvalue weighted by Crippen LogP contribution is 2.35. The molecule has 0 saturated carbocycles. The van der Waals surface area contributed by atoms with Gasteiger partial charge in [0.2, 0.25) is 0 Å². The number of rotatable bonds is 3. The molecule has 0 spiro atoms. The first kappa shape index (κ1) is 13.0. The van der Waals surface area contributed by atoms with E-state index in [1.54, 1.807) is 6.07 Å². The van der Waals surface area contributed by atoms with E-state index in [-0.39, 0.29) is 11.8 Å². The zero-order chi connectivity index (χ0) is 12.4. The van der Waals surface area contributed by atoms with Gasteiger partial charge in [0.05, 0.1) is 5.38 Å². The van der Waals surface area contributed by atoms with Crippen LogP contribution in [0.15, 0.2) is 34.1 Å². The summed E-state index contributed by atoms with van der Waals surface area (Å²) in [7, 11) is 0. The molecule has 0 amide bonds.